The number of nitrogens with one attached hydrogen (secondary N) is 1. The molecule has 3 rings (SSSR count). The van der Waals surface area contributed by atoms with Crippen LogP contribution in [0.1, 0.15) is 37.6 Å². The van der Waals surface area contributed by atoms with E-state index in [9.17, 15) is 4.79 Å². The Morgan fingerprint density at radius 1 is 1.03 bits per heavy atom. The van der Waals surface area contributed by atoms with Crippen LogP contribution in [0.3, 0.4) is 0 Å². The molecule has 0 spiro atoms. The summed E-state index contributed by atoms with van der Waals surface area (Å²) in [6, 6.07) is 12.0. The zero-order chi connectivity index (χ0) is 22.2. The minimum absolute atomic E-state index is 0. The van der Waals surface area contributed by atoms with Gasteiger partial charge in [-0.05, 0) is 44.5 Å². The monoisotopic (exact) mass is 461 g/mol. The number of carbonyl (C=O) groups excluding carboxylic acids is 1. The van der Waals surface area contributed by atoms with Gasteiger partial charge in [-0.1, -0.05) is 19.1 Å². The average Bonchev–Trinajstić information content (AvgIpc) is 2.83. The van der Waals surface area contributed by atoms with Crippen molar-refractivity contribution in [1.29, 1.82) is 0 Å². The summed E-state index contributed by atoms with van der Waals surface area (Å²) in [7, 11) is 1.71. The fourth-order valence-electron chi connectivity index (χ4n) is 3.92. The Bertz CT molecular complexity index is 867. The van der Waals surface area contributed by atoms with Gasteiger partial charge in [0.05, 0.1) is 18.4 Å². The van der Waals surface area contributed by atoms with Crippen molar-refractivity contribution in [2.24, 2.45) is 0 Å². The maximum Gasteiger partial charge on any atom is 0.257 e. The predicted molar refractivity (Wildman–Crippen MR) is 135 cm³/mol. The number of methoxy groups -OCH3 is 1. The zero-order valence-electron chi connectivity index (χ0n) is 19.6. The molecule has 32 heavy (non-hydrogen) atoms. The molecule has 1 aliphatic heterocycles. The number of carbonyl (C=O) groups is 1. The lowest BCUT2D eigenvalue weighted by Crippen LogP contribution is -2.47. The van der Waals surface area contributed by atoms with E-state index in [0.717, 1.165) is 56.4 Å². The molecule has 1 amide bonds. The predicted octanol–water partition coefficient (Wildman–Crippen LogP) is 4.14. The first-order valence-corrected chi connectivity index (χ1v) is 11.3. The van der Waals surface area contributed by atoms with Gasteiger partial charge >= 0.3 is 0 Å². The van der Waals surface area contributed by atoms with Crippen LogP contribution in [-0.2, 0) is 0 Å². The molecule has 1 aromatic carbocycles. The quantitative estimate of drug-likeness (QED) is 0.605. The van der Waals surface area contributed by atoms with Gasteiger partial charge in [0.25, 0.3) is 5.91 Å². The van der Waals surface area contributed by atoms with Gasteiger partial charge in [-0.3, -0.25) is 4.79 Å². The minimum atomic E-state index is 0. The third-order valence-electron chi connectivity index (χ3n) is 5.73. The van der Waals surface area contributed by atoms with Crippen LogP contribution in [0.15, 0.2) is 36.4 Å². The molecule has 1 saturated heterocycles. The first kappa shape index (κ1) is 25.6. The van der Waals surface area contributed by atoms with Crippen LogP contribution in [0.4, 0.5) is 17.3 Å². The fourth-order valence-corrected chi connectivity index (χ4v) is 3.92. The van der Waals surface area contributed by atoms with Crippen LogP contribution in [0.5, 0.6) is 5.75 Å². The molecule has 0 radical (unpaired) electrons. The van der Waals surface area contributed by atoms with Gasteiger partial charge in [-0.15, -0.1) is 12.4 Å². The Kier molecular flexibility index (Phi) is 9.91. The lowest BCUT2D eigenvalue weighted by molar-refractivity contribution is 0.0773. The van der Waals surface area contributed by atoms with E-state index in [4.69, 9.17) is 9.72 Å². The van der Waals surface area contributed by atoms with Crippen molar-refractivity contribution in [3.8, 4) is 5.75 Å². The van der Waals surface area contributed by atoms with E-state index in [1.165, 1.54) is 0 Å². The molecule has 7 nitrogen and oxygen atoms in total. The Morgan fingerprint density at radius 2 is 1.69 bits per heavy atom. The number of piperazine rings is 1. The Labute approximate surface area is 198 Å². The molecule has 0 atom stereocenters. The maximum atomic E-state index is 13.0. The summed E-state index contributed by atoms with van der Waals surface area (Å²) in [5.41, 5.74) is 1.77. The lowest BCUT2D eigenvalue weighted by Gasteiger charge is -2.37. The number of para-hydroxylation sites is 2. The second kappa shape index (κ2) is 12.4. The van der Waals surface area contributed by atoms with Crippen molar-refractivity contribution >= 4 is 35.6 Å². The summed E-state index contributed by atoms with van der Waals surface area (Å²) in [4.78, 5) is 24.3. The number of benzene rings is 1. The molecule has 1 aromatic heterocycles. The van der Waals surface area contributed by atoms with Crippen molar-refractivity contribution in [3.05, 3.63) is 42.0 Å². The van der Waals surface area contributed by atoms with Gasteiger partial charge in [0.15, 0.2) is 0 Å². The van der Waals surface area contributed by atoms with Crippen LogP contribution in [0.25, 0.3) is 0 Å². The summed E-state index contributed by atoms with van der Waals surface area (Å²) in [5, 5.41) is 3.36. The van der Waals surface area contributed by atoms with Gasteiger partial charge in [0.1, 0.15) is 17.4 Å². The number of halogens is 1. The molecular weight excluding hydrogens is 426 g/mol. The van der Waals surface area contributed by atoms with Gasteiger partial charge in [0.2, 0.25) is 0 Å². The Hall–Kier alpha value is -2.67. The van der Waals surface area contributed by atoms with E-state index in [-0.39, 0.29) is 18.3 Å². The zero-order valence-corrected chi connectivity index (χ0v) is 20.5. The largest absolute Gasteiger partial charge is 0.495 e. The van der Waals surface area contributed by atoms with Crippen molar-refractivity contribution in [2.75, 3.05) is 68.0 Å². The topological polar surface area (TPSA) is 60.9 Å². The molecule has 8 heteroatoms. The number of nitrogens with zero attached hydrogens (tertiary/aromatic N) is 4. The van der Waals surface area contributed by atoms with Crippen LogP contribution in [0.2, 0.25) is 0 Å². The normalized spacial score (nSPS) is 13.4. The molecule has 0 bridgehead atoms. The van der Waals surface area contributed by atoms with E-state index in [0.29, 0.717) is 24.5 Å². The van der Waals surface area contributed by atoms with Gasteiger partial charge < -0.3 is 24.8 Å². The maximum absolute atomic E-state index is 13.0. The Morgan fingerprint density at radius 3 is 2.31 bits per heavy atom. The van der Waals surface area contributed by atoms with E-state index >= 15 is 0 Å². The van der Waals surface area contributed by atoms with E-state index < -0.39 is 0 Å². The summed E-state index contributed by atoms with van der Waals surface area (Å²) in [5.74, 6) is 2.53. The molecule has 0 unspecified atom stereocenters. The van der Waals surface area contributed by atoms with Crippen LogP contribution in [0, 0.1) is 0 Å². The highest BCUT2D eigenvalue weighted by Gasteiger charge is 2.23. The van der Waals surface area contributed by atoms with Crippen LogP contribution < -0.4 is 19.9 Å². The molecular formula is C24H36ClN5O2. The average molecular weight is 462 g/mol. The molecule has 0 saturated carbocycles. The number of hydrogen-bond acceptors (Lipinski definition) is 6. The van der Waals surface area contributed by atoms with E-state index in [1.807, 2.05) is 49.1 Å². The highest BCUT2D eigenvalue weighted by molar-refractivity contribution is 5.99. The van der Waals surface area contributed by atoms with Crippen molar-refractivity contribution in [2.45, 2.75) is 27.2 Å². The Balaban J connectivity index is 0.00000363. The molecule has 176 valence electrons. The number of rotatable bonds is 9. The second-order valence-corrected chi connectivity index (χ2v) is 7.62. The highest BCUT2D eigenvalue weighted by atomic mass is 35.5. The number of pyridine rings is 1. The summed E-state index contributed by atoms with van der Waals surface area (Å²) < 4.78 is 5.52. The molecule has 1 N–H and O–H groups in total. The van der Waals surface area contributed by atoms with E-state index in [2.05, 4.69) is 28.1 Å². The van der Waals surface area contributed by atoms with Crippen LogP contribution >= 0.6 is 12.4 Å². The SMILES string of the molecule is CCCNc1nc(N2CCN(c3ccccc3OC)CC2)ccc1C(=O)N(CC)CC.Cl. The number of aromatic nitrogens is 1. The smallest absolute Gasteiger partial charge is 0.257 e. The minimum Gasteiger partial charge on any atom is -0.495 e. The third-order valence-corrected chi connectivity index (χ3v) is 5.73. The first-order chi connectivity index (χ1) is 15.1. The van der Waals surface area contributed by atoms with Gasteiger partial charge in [0, 0.05) is 45.8 Å². The van der Waals surface area contributed by atoms with Crippen molar-refractivity contribution in [1.82, 2.24) is 9.88 Å². The van der Waals surface area contributed by atoms with Crippen LogP contribution in [-0.4, -0.2) is 68.7 Å². The lowest BCUT2D eigenvalue weighted by atomic mass is 10.2. The van der Waals surface area contributed by atoms with E-state index in [1.54, 1.807) is 7.11 Å². The first-order valence-electron chi connectivity index (χ1n) is 11.3. The summed E-state index contributed by atoms with van der Waals surface area (Å²) in [6.45, 7) is 11.8. The van der Waals surface area contributed by atoms with Crippen molar-refractivity contribution in [3.63, 3.8) is 0 Å². The third kappa shape index (κ3) is 5.76. The molecule has 1 fully saturated rings. The molecule has 2 aromatic rings. The summed E-state index contributed by atoms with van der Waals surface area (Å²) >= 11 is 0. The highest BCUT2D eigenvalue weighted by Crippen LogP contribution is 2.29. The number of amides is 1. The fraction of sp³-hybridized carbons (Fsp3) is 0.500. The van der Waals surface area contributed by atoms with Crippen molar-refractivity contribution < 1.29 is 9.53 Å². The number of hydrogen-bond donors (Lipinski definition) is 1. The molecule has 2 heterocycles. The standard InChI is InChI=1S/C24H35N5O2.ClH/c1-5-14-25-23-19(24(30)27(6-2)7-3)12-13-22(26-23)29-17-15-28(16-18-29)20-10-8-9-11-21(20)31-4;/h8-13H,5-7,14-18H2,1-4H3,(H,25,26);1H. The van der Waals surface area contributed by atoms with Gasteiger partial charge in [-0.2, -0.15) is 0 Å². The summed E-state index contributed by atoms with van der Waals surface area (Å²) in [6.07, 6.45) is 0.975. The number of ether oxygens (including phenoxy) is 1. The molecule has 1 aliphatic rings. The van der Waals surface area contributed by atoms with Gasteiger partial charge in [-0.25, -0.2) is 4.98 Å². The molecule has 0 aliphatic carbocycles. The number of anilines is 3. The second-order valence-electron chi connectivity index (χ2n) is 7.62.